The maximum atomic E-state index is 11.7. The molecule has 0 radical (unpaired) electrons. The lowest BCUT2D eigenvalue weighted by Gasteiger charge is -2.33. The Kier molecular flexibility index (Phi) is 6.86. The van der Waals surface area contributed by atoms with Crippen LogP contribution < -0.4 is 5.32 Å². The molecule has 1 heterocycles. The van der Waals surface area contributed by atoms with E-state index in [0.29, 0.717) is 19.1 Å². The highest BCUT2D eigenvalue weighted by Crippen LogP contribution is 2.19. The Bertz CT molecular complexity index is 472. The van der Waals surface area contributed by atoms with Crippen molar-refractivity contribution in [3.8, 4) is 0 Å². The second-order valence-electron chi connectivity index (χ2n) is 6.19. The van der Waals surface area contributed by atoms with Crippen LogP contribution in [0, 0.1) is 0 Å². The van der Waals surface area contributed by atoms with Crippen LogP contribution in [0.15, 0.2) is 30.3 Å². The van der Waals surface area contributed by atoms with E-state index in [4.69, 9.17) is 4.74 Å². The molecule has 5 heteroatoms. The first-order valence-electron chi connectivity index (χ1n) is 8.51. The number of rotatable bonds is 6. The van der Waals surface area contributed by atoms with Gasteiger partial charge in [0.2, 0.25) is 0 Å². The molecule has 2 unspecified atom stereocenters. The van der Waals surface area contributed by atoms with Crippen molar-refractivity contribution in [3.63, 3.8) is 0 Å². The Morgan fingerprint density at radius 2 is 2.00 bits per heavy atom. The van der Waals surface area contributed by atoms with Gasteiger partial charge in [-0.15, -0.1) is 0 Å². The highest BCUT2D eigenvalue weighted by molar-refractivity contribution is 5.67. The number of aliphatic hydroxyl groups excluding tert-OH is 1. The molecular formula is C18H28N2O3. The van der Waals surface area contributed by atoms with Crippen molar-refractivity contribution in [1.82, 2.24) is 10.2 Å². The highest BCUT2D eigenvalue weighted by Gasteiger charge is 2.24. The summed E-state index contributed by atoms with van der Waals surface area (Å²) in [7, 11) is 0. The fourth-order valence-corrected chi connectivity index (χ4v) is 3.06. The van der Waals surface area contributed by atoms with E-state index in [2.05, 4.69) is 12.2 Å². The number of hydrogen-bond acceptors (Lipinski definition) is 4. The summed E-state index contributed by atoms with van der Waals surface area (Å²) in [6.45, 7) is 5.80. The number of piperidine rings is 1. The zero-order valence-corrected chi connectivity index (χ0v) is 14.1. The van der Waals surface area contributed by atoms with E-state index >= 15 is 0 Å². The molecule has 1 amide bonds. The van der Waals surface area contributed by atoms with Gasteiger partial charge in [0.05, 0.1) is 12.7 Å². The molecule has 1 aromatic carbocycles. The second-order valence-corrected chi connectivity index (χ2v) is 6.19. The monoisotopic (exact) mass is 320 g/mol. The zero-order chi connectivity index (χ0) is 16.7. The lowest BCUT2D eigenvalue weighted by Crippen LogP contribution is -2.47. The number of likely N-dealkylation sites (tertiary alicyclic amines) is 1. The average Bonchev–Trinajstić information content (AvgIpc) is 2.56. The lowest BCUT2D eigenvalue weighted by atomic mass is 10.00. The average molecular weight is 320 g/mol. The zero-order valence-electron chi connectivity index (χ0n) is 14.1. The third kappa shape index (κ3) is 5.52. The minimum absolute atomic E-state index is 0.210. The van der Waals surface area contributed by atoms with Crippen LogP contribution in [0.1, 0.15) is 44.8 Å². The third-order valence-electron chi connectivity index (χ3n) is 4.30. The molecule has 2 atom stereocenters. The molecule has 2 rings (SSSR count). The van der Waals surface area contributed by atoms with Gasteiger partial charge >= 0.3 is 6.09 Å². The first kappa shape index (κ1) is 17.8. The van der Waals surface area contributed by atoms with Crippen molar-refractivity contribution in [2.75, 3.05) is 19.7 Å². The van der Waals surface area contributed by atoms with Crippen molar-refractivity contribution < 1.29 is 14.6 Å². The van der Waals surface area contributed by atoms with Crippen molar-refractivity contribution in [3.05, 3.63) is 35.9 Å². The van der Waals surface area contributed by atoms with Gasteiger partial charge < -0.3 is 20.1 Å². The number of ether oxygens (including phenoxy) is 1. The molecule has 0 spiro atoms. The molecule has 2 N–H and O–H groups in total. The Morgan fingerprint density at radius 1 is 1.35 bits per heavy atom. The molecule has 1 aliphatic heterocycles. The van der Waals surface area contributed by atoms with Gasteiger partial charge in [0, 0.05) is 25.2 Å². The number of carbonyl (C=O) groups excluding carboxylic acids is 1. The number of aliphatic hydroxyl groups is 1. The molecule has 1 fully saturated rings. The molecule has 0 aromatic heterocycles. The van der Waals surface area contributed by atoms with E-state index < -0.39 is 6.10 Å². The van der Waals surface area contributed by atoms with Gasteiger partial charge in [-0.2, -0.15) is 0 Å². The van der Waals surface area contributed by atoms with Gasteiger partial charge in [-0.3, -0.25) is 0 Å². The van der Waals surface area contributed by atoms with E-state index in [1.54, 1.807) is 4.90 Å². The molecule has 5 nitrogen and oxygen atoms in total. The predicted molar refractivity (Wildman–Crippen MR) is 90.2 cm³/mol. The van der Waals surface area contributed by atoms with Crippen LogP contribution in [0.25, 0.3) is 0 Å². The minimum atomic E-state index is -0.446. The minimum Gasteiger partial charge on any atom is -0.450 e. The molecule has 0 aliphatic carbocycles. The van der Waals surface area contributed by atoms with Crippen LogP contribution >= 0.6 is 0 Å². The van der Waals surface area contributed by atoms with Crippen molar-refractivity contribution in [2.45, 2.75) is 51.3 Å². The Balaban J connectivity index is 1.72. The molecular weight excluding hydrogens is 292 g/mol. The molecule has 0 saturated carbocycles. The summed E-state index contributed by atoms with van der Waals surface area (Å²) >= 11 is 0. The number of benzene rings is 1. The van der Waals surface area contributed by atoms with Crippen LogP contribution in [0.3, 0.4) is 0 Å². The lowest BCUT2D eigenvalue weighted by molar-refractivity contribution is 0.0929. The normalized spacial score (nSPS) is 18.5. The maximum Gasteiger partial charge on any atom is 0.409 e. The Morgan fingerprint density at radius 3 is 2.61 bits per heavy atom. The standard InChI is InChI=1S/C18H28N2O3/c1-3-23-18(22)20-11-9-16(10-12-20)19-14(2)13-17(21)15-7-5-4-6-8-15/h4-8,14,16-17,19,21H,3,9-13H2,1-2H3. The third-order valence-corrected chi connectivity index (χ3v) is 4.30. The van der Waals surface area contributed by atoms with E-state index in [1.807, 2.05) is 37.3 Å². The van der Waals surface area contributed by atoms with Crippen molar-refractivity contribution in [2.24, 2.45) is 0 Å². The van der Waals surface area contributed by atoms with Crippen molar-refractivity contribution >= 4 is 6.09 Å². The van der Waals surface area contributed by atoms with Gasteiger partial charge in [0.25, 0.3) is 0 Å². The quantitative estimate of drug-likeness (QED) is 0.846. The van der Waals surface area contributed by atoms with Gasteiger partial charge in [-0.1, -0.05) is 30.3 Å². The van der Waals surface area contributed by atoms with Gasteiger partial charge in [-0.05, 0) is 38.7 Å². The summed E-state index contributed by atoms with van der Waals surface area (Å²) in [6, 6.07) is 10.4. The second kappa shape index (κ2) is 8.89. The first-order valence-corrected chi connectivity index (χ1v) is 8.51. The number of carbonyl (C=O) groups is 1. The number of amides is 1. The van der Waals surface area contributed by atoms with Gasteiger partial charge in [-0.25, -0.2) is 4.79 Å². The van der Waals surface area contributed by atoms with Crippen LogP contribution in [0.2, 0.25) is 0 Å². The summed E-state index contributed by atoms with van der Waals surface area (Å²) in [4.78, 5) is 13.4. The smallest absolute Gasteiger partial charge is 0.409 e. The van der Waals surface area contributed by atoms with E-state index in [-0.39, 0.29) is 12.1 Å². The van der Waals surface area contributed by atoms with Crippen molar-refractivity contribution in [1.29, 1.82) is 0 Å². The van der Waals surface area contributed by atoms with Crippen LogP contribution in [0.5, 0.6) is 0 Å². The summed E-state index contributed by atoms with van der Waals surface area (Å²) < 4.78 is 5.03. The molecule has 128 valence electrons. The summed E-state index contributed by atoms with van der Waals surface area (Å²) in [6.07, 6.45) is 1.87. The number of nitrogens with one attached hydrogen (secondary N) is 1. The first-order chi connectivity index (χ1) is 11.1. The van der Waals surface area contributed by atoms with Crippen LogP contribution in [-0.4, -0.2) is 47.9 Å². The number of nitrogens with zero attached hydrogens (tertiary/aromatic N) is 1. The Labute approximate surface area is 138 Å². The van der Waals surface area contributed by atoms with Gasteiger partial charge in [0.1, 0.15) is 0 Å². The van der Waals surface area contributed by atoms with E-state index in [0.717, 1.165) is 31.5 Å². The molecule has 0 bridgehead atoms. The van der Waals surface area contributed by atoms with Crippen LogP contribution in [0.4, 0.5) is 4.79 Å². The maximum absolute atomic E-state index is 11.7. The summed E-state index contributed by atoms with van der Waals surface area (Å²) in [5, 5.41) is 13.9. The Hall–Kier alpha value is -1.59. The molecule has 23 heavy (non-hydrogen) atoms. The predicted octanol–water partition coefficient (Wildman–Crippen LogP) is 2.71. The van der Waals surface area contributed by atoms with E-state index in [9.17, 15) is 9.90 Å². The van der Waals surface area contributed by atoms with Gasteiger partial charge in [0.15, 0.2) is 0 Å². The molecule has 1 saturated heterocycles. The molecule has 1 aromatic rings. The summed E-state index contributed by atoms with van der Waals surface area (Å²) in [5.41, 5.74) is 0.957. The largest absolute Gasteiger partial charge is 0.450 e. The SMILES string of the molecule is CCOC(=O)N1CCC(NC(C)CC(O)c2ccccc2)CC1. The highest BCUT2D eigenvalue weighted by atomic mass is 16.6. The number of hydrogen-bond donors (Lipinski definition) is 2. The topological polar surface area (TPSA) is 61.8 Å². The molecule has 1 aliphatic rings. The fourth-order valence-electron chi connectivity index (χ4n) is 3.06. The fraction of sp³-hybridized carbons (Fsp3) is 0.611. The summed E-state index contributed by atoms with van der Waals surface area (Å²) in [5.74, 6) is 0. The van der Waals surface area contributed by atoms with E-state index in [1.165, 1.54) is 0 Å². The van der Waals surface area contributed by atoms with Crippen LogP contribution in [-0.2, 0) is 4.74 Å².